The Morgan fingerprint density at radius 3 is 2.50 bits per heavy atom. The molecule has 0 saturated carbocycles. The fraction of sp³-hybridized carbons (Fsp3) is 0.647. The van der Waals surface area contributed by atoms with Gasteiger partial charge in [-0.3, -0.25) is 9.59 Å². The average Bonchev–Trinajstić information content (AvgIpc) is 2.81. The Hall–Kier alpha value is -1.05. The highest BCUT2D eigenvalue weighted by Crippen LogP contribution is 2.40. The lowest BCUT2D eigenvalue weighted by Gasteiger charge is -2.44. The number of carbonyl (C=O) groups excluding carboxylic acids is 2. The molecule has 134 valence electrons. The zero-order chi connectivity index (χ0) is 18.3. The van der Waals surface area contributed by atoms with Crippen molar-refractivity contribution < 1.29 is 14.0 Å². The lowest BCUT2D eigenvalue weighted by Crippen LogP contribution is -2.62. The van der Waals surface area contributed by atoms with E-state index in [9.17, 15) is 9.59 Å². The largest absolute Gasteiger partial charge is 0.413 e. The van der Waals surface area contributed by atoms with Crippen LogP contribution in [0.5, 0.6) is 0 Å². The molecule has 2 rings (SSSR count). The Kier molecular flexibility index (Phi) is 5.37. The molecule has 7 heteroatoms. The third kappa shape index (κ3) is 3.78. The van der Waals surface area contributed by atoms with E-state index < -0.39 is 8.32 Å². The molecule has 1 fully saturated rings. The third-order valence-corrected chi connectivity index (χ3v) is 10.8. The summed E-state index contributed by atoms with van der Waals surface area (Å²) in [4.78, 5) is 24.5. The van der Waals surface area contributed by atoms with E-state index in [4.69, 9.17) is 4.43 Å². The minimum Gasteiger partial charge on any atom is -0.413 e. The number of amides is 1. The van der Waals surface area contributed by atoms with E-state index in [-0.39, 0.29) is 33.5 Å². The van der Waals surface area contributed by atoms with Gasteiger partial charge in [0.15, 0.2) is 8.32 Å². The van der Waals surface area contributed by atoms with Crippen LogP contribution in [0, 0.1) is 5.92 Å². The summed E-state index contributed by atoms with van der Waals surface area (Å²) in [6, 6.07) is 3.63. The highest BCUT2D eigenvalue weighted by molar-refractivity contribution is 8.14. The molecule has 1 aliphatic rings. The quantitative estimate of drug-likeness (QED) is 0.639. The van der Waals surface area contributed by atoms with Crippen LogP contribution in [0.2, 0.25) is 18.1 Å². The van der Waals surface area contributed by atoms with E-state index in [0.717, 1.165) is 0 Å². The summed E-state index contributed by atoms with van der Waals surface area (Å²) in [6.45, 7) is 12.8. The van der Waals surface area contributed by atoms with E-state index in [1.54, 1.807) is 10.6 Å². The molecule has 0 aliphatic carbocycles. The minimum absolute atomic E-state index is 0.0293. The van der Waals surface area contributed by atoms with Gasteiger partial charge < -0.3 is 14.3 Å². The van der Waals surface area contributed by atoms with Crippen molar-refractivity contribution >= 4 is 31.1 Å². The Morgan fingerprint density at radius 2 is 2.04 bits per heavy atom. The first kappa shape index (κ1) is 19.3. The highest BCUT2D eigenvalue weighted by atomic mass is 32.2. The molecule has 2 heterocycles. The van der Waals surface area contributed by atoms with Gasteiger partial charge in [-0.05, 0) is 37.2 Å². The Morgan fingerprint density at radius 1 is 1.42 bits per heavy atom. The molecule has 1 amide bonds. The molecule has 0 radical (unpaired) electrons. The first-order valence-electron chi connectivity index (χ1n) is 8.24. The lowest BCUT2D eigenvalue weighted by atomic mass is 9.96. The van der Waals surface area contributed by atoms with Crippen molar-refractivity contribution in [3.63, 3.8) is 0 Å². The molecule has 1 aromatic heterocycles. The summed E-state index contributed by atoms with van der Waals surface area (Å²) in [6.07, 6.45) is 1.65. The number of rotatable bonds is 5. The highest BCUT2D eigenvalue weighted by Gasteiger charge is 2.48. The first-order chi connectivity index (χ1) is 10.9. The van der Waals surface area contributed by atoms with Crippen LogP contribution in [-0.4, -0.2) is 35.4 Å². The van der Waals surface area contributed by atoms with Crippen molar-refractivity contribution in [1.29, 1.82) is 0 Å². The second-order valence-electron chi connectivity index (χ2n) is 7.95. The number of β-lactam (4-membered cyclic amide) rings is 1. The Bertz CT molecular complexity index is 636. The first-order valence-corrected chi connectivity index (χ1v) is 12.0. The molecule has 1 aliphatic heterocycles. The summed E-state index contributed by atoms with van der Waals surface area (Å²) in [5.74, 6) is -0.313. The van der Waals surface area contributed by atoms with Crippen LogP contribution in [0.3, 0.4) is 0 Å². The van der Waals surface area contributed by atoms with Crippen molar-refractivity contribution in [2.24, 2.45) is 13.0 Å². The van der Waals surface area contributed by atoms with Crippen LogP contribution in [-0.2, 0) is 16.3 Å². The second-order valence-corrected chi connectivity index (χ2v) is 13.8. The molecule has 5 nitrogen and oxygen atoms in total. The molecule has 1 aromatic rings. The molecule has 1 unspecified atom stereocenters. The maximum absolute atomic E-state index is 12.4. The topological polar surface area (TPSA) is 60.3 Å². The van der Waals surface area contributed by atoms with Gasteiger partial charge in [-0.25, -0.2) is 0 Å². The Labute approximate surface area is 149 Å². The van der Waals surface area contributed by atoms with E-state index in [1.165, 1.54) is 11.8 Å². The fourth-order valence-corrected chi connectivity index (χ4v) is 5.15. The van der Waals surface area contributed by atoms with Crippen molar-refractivity contribution in [2.75, 3.05) is 0 Å². The van der Waals surface area contributed by atoms with E-state index in [2.05, 4.69) is 39.2 Å². The molecule has 1 N–H and O–H groups in total. The summed E-state index contributed by atoms with van der Waals surface area (Å²) in [7, 11) is -0.112. The number of aryl methyl sites for hydroxylation is 1. The number of nitrogens with zero attached hydrogens (tertiary/aromatic N) is 1. The van der Waals surface area contributed by atoms with Crippen molar-refractivity contribution in [1.82, 2.24) is 9.88 Å². The van der Waals surface area contributed by atoms with Crippen LogP contribution in [0.4, 0.5) is 0 Å². The van der Waals surface area contributed by atoms with Gasteiger partial charge in [0.05, 0.1) is 23.1 Å². The zero-order valence-corrected chi connectivity index (χ0v) is 17.4. The van der Waals surface area contributed by atoms with Gasteiger partial charge in [0.1, 0.15) is 0 Å². The van der Waals surface area contributed by atoms with Crippen LogP contribution >= 0.6 is 11.8 Å². The summed E-state index contributed by atoms with van der Waals surface area (Å²) >= 11 is 1.18. The van der Waals surface area contributed by atoms with Crippen LogP contribution in [0.25, 0.3) is 0 Å². The fourth-order valence-electron chi connectivity index (χ4n) is 2.49. The third-order valence-electron chi connectivity index (χ3n) is 5.09. The number of thioether (sulfide) groups is 1. The van der Waals surface area contributed by atoms with Gasteiger partial charge in [-0.15, -0.1) is 0 Å². The van der Waals surface area contributed by atoms with Crippen LogP contribution in [0.1, 0.15) is 38.2 Å². The monoisotopic (exact) mass is 368 g/mol. The van der Waals surface area contributed by atoms with Gasteiger partial charge in [-0.2, -0.15) is 0 Å². The summed E-state index contributed by atoms with van der Waals surface area (Å²) in [5.41, 5.74) is 0.637. The summed E-state index contributed by atoms with van der Waals surface area (Å²) < 4.78 is 8.14. The number of hydrogen-bond acceptors (Lipinski definition) is 4. The number of aromatic nitrogens is 1. The second kappa shape index (κ2) is 6.69. The maximum atomic E-state index is 12.4. The zero-order valence-electron chi connectivity index (χ0n) is 15.5. The van der Waals surface area contributed by atoms with Gasteiger partial charge >= 0.3 is 0 Å². The normalized spacial score (nSPS) is 22.7. The van der Waals surface area contributed by atoms with Gasteiger partial charge in [0.2, 0.25) is 11.0 Å². The lowest BCUT2D eigenvalue weighted by molar-refractivity contribution is -0.136. The molecule has 0 bridgehead atoms. The number of hydrogen-bond donors (Lipinski definition) is 1. The predicted molar refractivity (Wildman–Crippen MR) is 100 cm³/mol. The van der Waals surface area contributed by atoms with E-state index in [1.807, 2.05) is 26.2 Å². The van der Waals surface area contributed by atoms with Crippen LogP contribution < -0.4 is 5.32 Å². The molecule has 24 heavy (non-hydrogen) atoms. The van der Waals surface area contributed by atoms with Gasteiger partial charge in [0, 0.05) is 13.2 Å². The molecular weight excluding hydrogens is 340 g/mol. The van der Waals surface area contributed by atoms with E-state index >= 15 is 0 Å². The van der Waals surface area contributed by atoms with Gasteiger partial charge in [-0.1, -0.05) is 32.5 Å². The smallest absolute Gasteiger partial charge is 0.237 e. The average molecular weight is 369 g/mol. The molecule has 0 spiro atoms. The number of nitrogens with one attached hydrogen (secondary N) is 1. The Balaban J connectivity index is 2.03. The van der Waals surface area contributed by atoms with Crippen molar-refractivity contribution in [2.45, 2.75) is 57.3 Å². The van der Waals surface area contributed by atoms with E-state index in [0.29, 0.717) is 5.69 Å². The molecular formula is C17H28N2O3SSi. The summed E-state index contributed by atoms with van der Waals surface area (Å²) in [5, 5.41) is 2.67. The molecule has 1 saturated heterocycles. The molecule has 0 aromatic carbocycles. The van der Waals surface area contributed by atoms with Crippen molar-refractivity contribution in [3.8, 4) is 0 Å². The number of carbonyl (C=O) groups is 2. The molecule has 3 atom stereocenters. The minimum atomic E-state index is -1.95. The van der Waals surface area contributed by atoms with Crippen molar-refractivity contribution in [3.05, 3.63) is 24.0 Å². The predicted octanol–water partition coefficient (Wildman–Crippen LogP) is 3.38. The van der Waals surface area contributed by atoms with Gasteiger partial charge in [0.25, 0.3) is 0 Å². The standard InChI is InChI=1S/C17H28N2O3SSi/c1-11(22-24(6,7)17(2,3)4)13-14(20)18-15(13)23-16(21)12-9-8-10-19(12)5/h8-11,13,15H,1-7H3,(H,18,20)/t11?,13-,15-/m1/s1. The maximum Gasteiger partial charge on any atom is 0.237 e. The van der Waals surface area contributed by atoms with Crippen LogP contribution in [0.15, 0.2) is 18.3 Å². The SMILES string of the molecule is CC(O[Si](C)(C)C(C)(C)C)[C@@H]1C(=O)N[C@@H]1SC(=O)c1cccn1C.